The van der Waals surface area contributed by atoms with E-state index >= 15 is 0 Å². The molecule has 3 aromatic rings. The van der Waals surface area contributed by atoms with E-state index in [0.717, 1.165) is 22.2 Å². The summed E-state index contributed by atoms with van der Waals surface area (Å²) in [5.74, 6) is 0.225. The van der Waals surface area contributed by atoms with Crippen molar-refractivity contribution in [1.82, 2.24) is 15.2 Å². The quantitative estimate of drug-likeness (QED) is 0.591. The molecule has 0 saturated heterocycles. The van der Waals surface area contributed by atoms with Crippen molar-refractivity contribution in [3.63, 3.8) is 0 Å². The minimum atomic E-state index is 0.225. The molecule has 0 unspecified atom stereocenters. The zero-order valence-electron chi connectivity index (χ0n) is 8.88. The van der Waals surface area contributed by atoms with Gasteiger partial charge in [-0.05, 0) is 24.3 Å². The van der Waals surface area contributed by atoms with Crippen LogP contribution in [0.1, 0.15) is 0 Å². The van der Waals surface area contributed by atoms with Gasteiger partial charge < -0.3 is 10.8 Å². The second kappa shape index (κ2) is 3.48. The lowest BCUT2D eigenvalue weighted by Gasteiger charge is -2.00. The maximum atomic E-state index is 9.26. The SMILES string of the molecule is Nc1cncc2[nH]nc(-c3ccc(O)cc3)c12. The topological polar surface area (TPSA) is 87.8 Å². The number of nitrogens with two attached hydrogens (primary N) is 1. The number of aromatic amines is 1. The molecule has 0 fully saturated rings. The first kappa shape index (κ1) is 9.65. The number of fused-ring (bicyclic) bond motifs is 1. The van der Waals surface area contributed by atoms with E-state index in [4.69, 9.17) is 5.73 Å². The molecule has 17 heavy (non-hydrogen) atoms. The van der Waals surface area contributed by atoms with Crippen molar-refractivity contribution in [3.05, 3.63) is 36.7 Å². The van der Waals surface area contributed by atoms with Crippen LogP contribution >= 0.6 is 0 Å². The van der Waals surface area contributed by atoms with Crippen LogP contribution in [0.4, 0.5) is 5.69 Å². The number of nitrogens with one attached hydrogen (secondary N) is 1. The highest BCUT2D eigenvalue weighted by atomic mass is 16.3. The number of aromatic hydroxyl groups is 1. The molecule has 0 spiro atoms. The number of benzene rings is 1. The summed E-state index contributed by atoms with van der Waals surface area (Å²) < 4.78 is 0. The Morgan fingerprint density at radius 1 is 1.12 bits per heavy atom. The molecular formula is C12H10N4O. The van der Waals surface area contributed by atoms with Crippen molar-refractivity contribution in [2.45, 2.75) is 0 Å². The van der Waals surface area contributed by atoms with Crippen LogP contribution < -0.4 is 5.73 Å². The lowest BCUT2D eigenvalue weighted by molar-refractivity contribution is 0.475. The molecule has 0 aliphatic heterocycles. The Bertz CT molecular complexity index is 673. The fourth-order valence-electron chi connectivity index (χ4n) is 1.83. The van der Waals surface area contributed by atoms with Gasteiger partial charge in [-0.15, -0.1) is 0 Å². The van der Waals surface area contributed by atoms with Crippen LogP contribution in [-0.2, 0) is 0 Å². The molecular weight excluding hydrogens is 216 g/mol. The van der Waals surface area contributed by atoms with Crippen LogP contribution in [0, 0.1) is 0 Å². The first-order chi connectivity index (χ1) is 8.25. The van der Waals surface area contributed by atoms with E-state index in [1.54, 1.807) is 36.7 Å². The van der Waals surface area contributed by atoms with E-state index in [1.807, 2.05) is 0 Å². The fraction of sp³-hybridized carbons (Fsp3) is 0. The van der Waals surface area contributed by atoms with Gasteiger partial charge in [0.05, 0.1) is 29.0 Å². The van der Waals surface area contributed by atoms with Gasteiger partial charge in [0.2, 0.25) is 0 Å². The monoisotopic (exact) mass is 226 g/mol. The van der Waals surface area contributed by atoms with Gasteiger partial charge in [0.25, 0.3) is 0 Å². The molecule has 5 nitrogen and oxygen atoms in total. The number of H-pyrrole nitrogens is 1. The first-order valence-corrected chi connectivity index (χ1v) is 5.12. The third kappa shape index (κ3) is 1.48. The highest BCUT2D eigenvalue weighted by Crippen LogP contribution is 2.30. The van der Waals surface area contributed by atoms with E-state index in [9.17, 15) is 5.11 Å². The van der Waals surface area contributed by atoms with Gasteiger partial charge in [0, 0.05) is 5.56 Å². The van der Waals surface area contributed by atoms with Crippen LogP contribution in [-0.4, -0.2) is 20.3 Å². The average Bonchev–Trinajstić information content (AvgIpc) is 2.75. The summed E-state index contributed by atoms with van der Waals surface area (Å²) in [4.78, 5) is 4.00. The number of rotatable bonds is 1. The standard InChI is InChI=1S/C12H10N4O/c13-9-5-14-6-10-11(9)12(16-15-10)7-1-3-8(17)4-2-7/h1-6,17H,13H2,(H,15,16). The maximum Gasteiger partial charge on any atom is 0.115 e. The summed E-state index contributed by atoms with van der Waals surface area (Å²) >= 11 is 0. The second-order valence-corrected chi connectivity index (χ2v) is 3.77. The summed E-state index contributed by atoms with van der Waals surface area (Å²) in [6.07, 6.45) is 3.28. The molecule has 5 heteroatoms. The van der Waals surface area contributed by atoms with E-state index < -0.39 is 0 Å². The third-order valence-corrected chi connectivity index (χ3v) is 2.64. The van der Waals surface area contributed by atoms with Crippen LogP contribution in [0.25, 0.3) is 22.2 Å². The largest absolute Gasteiger partial charge is 0.508 e. The van der Waals surface area contributed by atoms with Crippen LogP contribution in [0.2, 0.25) is 0 Å². The minimum Gasteiger partial charge on any atom is -0.508 e. The van der Waals surface area contributed by atoms with Crippen molar-refractivity contribution < 1.29 is 5.11 Å². The molecule has 0 amide bonds. The van der Waals surface area contributed by atoms with Gasteiger partial charge in [-0.1, -0.05) is 0 Å². The van der Waals surface area contributed by atoms with Crippen LogP contribution in [0.5, 0.6) is 5.75 Å². The highest BCUT2D eigenvalue weighted by molar-refractivity contribution is 6.00. The number of nitrogens with zero attached hydrogens (tertiary/aromatic N) is 2. The molecule has 0 bridgehead atoms. The predicted molar refractivity (Wildman–Crippen MR) is 65.4 cm³/mol. The molecule has 0 radical (unpaired) electrons. The van der Waals surface area contributed by atoms with Gasteiger partial charge in [-0.25, -0.2) is 0 Å². The maximum absolute atomic E-state index is 9.26. The van der Waals surface area contributed by atoms with Crippen molar-refractivity contribution in [2.24, 2.45) is 0 Å². The van der Waals surface area contributed by atoms with Crippen molar-refractivity contribution in [1.29, 1.82) is 0 Å². The van der Waals surface area contributed by atoms with Crippen molar-refractivity contribution >= 4 is 16.6 Å². The zero-order valence-corrected chi connectivity index (χ0v) is 8.88. The number of anilines is 1. The number of nitrogen functional groups attached to an aromatic ring is 1. The van der Waals surface area contributed by atoms with Gasteiger partial charge in [-0.2, -0.15) is 5.10 Å². The van der Waals surface area contributed by atoms with E-state index in [1.165, 1.54) is 0 Å². The number of phenols is 1. The zero-order chi connectivity index (χ0) is 11.8. The molecule has 0 aliphatic rings. The van der Waals surface area contributed by atoms with E-state index in [2.05, 4.69) is 15.2 Å². The molecule has 4 N–H and O–H groups in total. The lowest BCUT2D eigenvalue weighted by Crippen LogP contribution is -1.88. The molecule has 3 rings (SSSR count). The lowest BCUT2D eigenvalue weighted by atomic mass is 10.1. The van der Waals surface area contributed by atoms with Gasteiger partial charge in [0.15, 0.2) is 0 Å². The predicted octanol–water partition coefficient (Wildman–Crippen LogP) is 1.91. The Balaban J connectivity index is 2.27. The number of hydrogen-bond donors (Lipinski definition) is 3. The summed E-state index contributed by atoms with van der Waals surface area (Å²) in [6, 6.07) is 6.83. The van der Waals surface area contributed by atoms with Crippen molar-refractivity contribution in [3.8, 4) is 17.0 Å². The summed E-state index contributed by atoms with van der Waals surface area (Å²) in [5, 5.41) is 17.2. The Hall–Kier alpha value is -2.56. The van der Waals surface area contributed by atoms with Crippen LogP contribution in [0.15, 0.2) is 36.7 Å². The Morgan fingerprint density at radius 2 is 1.88 bits per heavy atom. The van der Waals surface area contributed by atoms with Crippen molar-refractivity contribution in [2.75, 3.05) is 5.73 Å². The normalized spacial score (nSPS) is 10.8. The minimum absolute atomic E-state index is 0.225. The molecule has 1 aromatic carbocycles. The number of aromatic nitrogens is 3. The Kier molecular flexibility index (Phi) is 1.98. The number of pyridine rings is 1. The third-order valence-electron chi connectivity index (χ3n) is 2.64. The van der Waals surface area contributed by atoms with E-state index in [0.29, 0.717) is 5.69 Å². The van der Waals surface area contributed by atoms with Gasteiger partial charge in [0.1, 0.15) is 11.4 Å². The molecule has 0 aliphatic carbocycles. The smallest absolute Gasteiger partial charge is 0.115 e. The molecule has 2 heterocycles. The van der Waals surface area contributed by atoms with Gasteiger partial charge in [-0.3, -0.25) is 10.1 Å². The second-order valence-electron chi connectivity index (χ2n) is 3.77. The molecule has 0 atom stereocenters. The summed E-state index contributed by atoms with van der Waals surface area (Å²) in [7, 11) is 0. The van der Waals surface area contributed by atoms with Gasteiger partial charge >= 0.3 is 0 Å². The first-order valence-electron chi connectivity index (χ1n) is 5.12. The summed E-state index contributed by atoms with van der Waals surface area (Å²) in [5.41, 5.74) is 8.94. The molecule has 0 saturated carbocycles. The summed E-state index contributed by atoms with van der Waals surface area (Å²) in [6.45, 7) is 0. The Morgan fingerprint density at radius 3 is 2.65 bits per heavy atom. The van der Waals surface area contributed by atoms with E-state index in [-0.39, 0.29) is 5.75 Å². The Labute approximate surface area is 96.9 Å². The molecule has 2 aromatic heterocycles. The fourth-order valence-corrected chi connectivity index (χ4v) is 1.83. The molecule has 84 valence electrons. The van der Waals surface area contributed by atoms with Crippen LogP contribution in [0.3, 0.4) is 0 Å². The number of phenolic OH excluding ortho intramolecular Hbond substituents is 1. The average molecular weight is 226 g/mol. The highest BCUT2D eigenvalue weighted by Gasteiger charge is 2.10. The number of hydrogen-bond acceptors (Lipinski definition) is 4.